The molecule has 10 heteroatoms. The smallest absolute Gasteiger partial charge is 0.311 e. The predicted molar refractivity (Wildman–Crippen MR) is 152 cm³/mol. The van der Waals surface area contributed by atoms with Gasteiger partial charge in [0, 0.05) is 24.0 Å². The number of hydrogen-bond donors (Lipinski definition) is 3. The molecule has 0 aromatic carbocycles. The first-order valence-electron chi connectivity index (χ1n) is 13.6. The van der Waals surface area contributed by atoms with Crippen molar-refractivity contribution < 1.29 is 33.0 Å². The first-order valence-corrected chi connectivity index (χ1v) is 22.6. The van der Waals surface area contributed by atoms with Crippen LogP contribution in [0.15, 0.2) is 0 Å². The molecule has 0 aromatic heterocycles. The zero-order valence-electron chi connectivity index (χ0n) is 24.4. The van der Waals surface area contributed by atoms with Crippen LogP contribution >= 0.6 is 0 Å². The van der Waals surface area contributed by atoms with Crippen LogP contribution < -0.4 is 0 Å². The van der Waals surface area contributed by atoms with Crippen molar-refractivity contribution in [2.45, 2.75) is 104 Å². The molecule has 0 aliphatic carbocycles. The molecule has 0 rings (SSSR count). The third-order valence-electron chi connectivity index (χ3n) is 7.25. The van der Waals surface area contributed by atoms with Gasteiger partial charge in [0.15, 0.2) is 16.6 Å². The van der Waals surface area contributed by atoms with Crippen LogP contribution in [0.4, 0.5) is 0 Å². The summed E-state index contributed by atoms with van der Waals surface area (Å²) in [5, 5.41) is 28.8. The van der Waals surface area contributed by atoms with Gasteiger partial charge in [-0.05, 0) is 83.5 Å². The van der Waals surface area contributed by atoms with Crippen LogP contribution in [0.25, 0.3) is 0 Å². The molecule has 0 unspecified atom stereocenters. The molecule has 35 heavy (non-hydrogen) atoms. The summed E-state index contributed by atoms with van der Waals surface area (Å²) in [5.41, 5.74) is -0.647. The lowest BCUT2D eigenvalue weighted by molar-refractivity contribution is -0.0297. The average Bonchev–Trinajstić information content (AvgIpc) is 2.78. The van der Waals surface area contributed by atoms with Crippen LogP contribution in [-0.2, 0) is 17.7 Å². The lowest BCUT2D eigenvalue weighted by Gasteiger charge is -2.39. The summed E-state index contributed by atoms with van der Waals surface area (Å²) in [4.78, 5) is 0. The highest BCUT2D eigenvalue weighted by atomic mass is 28.5. The molecule has 0 spiro atoms. The molecule has 0 atom stereocenters. The third-order valence-corrected chi connectivity index (χ3v) is 18.7. The quantitative estimate of drug-likeness (QED) is 0.126. The van der Waals surface area contributed by atoms with Gasteiger partial charge in [-0.25, -0.2) is 0 Å². The molecule has 0 amide bonds. The van der Waals surface area contributed by atoms with Gasteiger partial charge >= 0.3 is 8.56 Å². The van der Waals surface area contributed by atoms with Gasteiger partial charge in [0.2, 0.25) is 0 Å². The van der Waals surface area contributed by atoms with E-state index in [9.17, 15) is 15.3 Å². The largest absolute Gasteiger partial charge is 0.437 e. The summed E-state index contributed by atoms with van der Waals surface area (Å²) in [6.07, 6.45) is 4.42. The Morgan fingerprint density at radius 3 is 1.23 bits per heavy atom. The highest BCUT2D eigenvalue weighted by Crippen LogP contribution is 2.28. The Balaban J connectivity index is 4.46. The monoisotopic (exact) mass is 554 g/mol. The van der Waals surface area contributed by atoms with Crippen molar-refractivity contribution in [3.8, 4) is 0 Å². The number of ether oxygens (including phenoxy) is 2. The number of aliphatic hydroxyl groups excluding tert-OH is 3. The lowest BCUT2D eigenvalue weighted by Crippen LogP contribution is -2.52. The highest BCUT2D eigenvalue weighted by molar-refractivity contribution is 6.87. The van der Waals surface area contributed by atoms with Gasteiger partial charge in [-0.1, -0.05) is 20.8 Å². The standard InChI is InChI=1S/C25H58O7Si3/c1-10-24(11-2,19-26)22-29-15-13-17-33(4,5)31-35(8,9)32-34(6,7)18-14-16-30-23-25(12-3,20-27)21-28/h26-28H,10-23H2,1-9H3. The fourth-order valence-corrected chi connectivity index (χ4v) is 18.4. The molecule has 0 radical (unpaired) electrons. The molecule has 0 fully saturated rings. The van der Waals surface area contributed by atoms with E-state index in [4.69, 9.17) is 17.7 Å². The van der Waals surface area contributed by atoms with Crippen molar-refractivity contribution in [1.29, 1.82) is 0 Å². The second-order valence-electron chi connectivity index (χ2n) is 12.0. The van der Waals surface area contributed by atoms with Gasteiger partial charge < -0.3 is 33.0 Å². The predicted octanol–water partition coefficient (Wildman–Crippen LogP) is 5.12. The Bertz CT molecular complexity index is 489. The fraction of sp³-hybridized carbons (Fsp3) is 1.00. The third kappa shape index (κ3) is 14.2. The maximum Gasteiger partial charge on any atom is 0.311 e. The topological polar surface area (TPSA) is 97.6 Å². The van der Waals surface area contributed by atoms with Gasteiger partial charge in [-0.3, -0.25) is 0 Å². The number of aliphatic hydroxyl groups is 3. The first kappa shape index (κ1) is 35.4. The SMILES string of the molecule is CCC(CC)(CO)COCCC[Si](C)(C)O[Si](C)(C)O[Si](C)(C)CCCOCC(CC)(CO)CO. The number of hydrogen-bond acceptors (Lipinski definition) is 7. The maximum atomic E-state index is 9.70. The van der Waals surface area contributed by atoms with E-state index in [1.54, 1.807) is 0 Å². The average molecular weight is 555 g/mol. The maximum absolute atomic E-state index is 9.70. The fourth-order valence-electron chi connectivity index (χ4n) is 4.42. The molecule has 0 saturated heterocycles. The van der Waals surface area contributed by atoms with Gasteiger partial charge in [-0.2, -0.15) is 0 Å². The molecule has 3 N–H and O–H groups in total. The summed E-state index contributed by atoms with van der Waals surface area (Å²) >= 11 is 0. The first-order chi connectivity index (χ1) is 16.2. The Morgan fingerprint density at radius 1 is 0.571 bits per heavy atom. The van der Waals surface area contributed by atoms with Crippen molar-refractivity contribution in [1.82, 2.24) is 0 Å². The second-order valence-corrected chi connectivity index (χ2v) is 24.4. The normalized spacial score (nSPS) is 14.1. The molecule has 0 heterocycles. The van der Waals surface area contributed by atoms with E-state index in [0.717, 1.165) is 37.8 Å². The van der Waals surface area contributed by atoms with Crippen molar-refractivity contribution in [3.63, 3.8) is 0 Å². The summed E-state index contributed by atoms with van der Waals surface area (Å²) in [5.74, 6) is 0. The van der Waals surface area contributed by atoms with Gasteiger partial charge in [-0.15, -0.1) is 0 Å². The summed E-state index contributed by atoms with van der Waals surface area (Å²) in [6.45, 7) is 21.9. The van der Waals surface area contributed by atoms with Crippen molar-refractivity contribution >= 4 is 25.2 Å². The van der Waals surface area contributed by atoms with E-state index < -0.39 is 30.6 Å². The van der Waals surface area contributed by atoms with Crippen LogP contribution in [0.1, 0.15) is 52.9 Å². The summed E-state index contributed by atoms with van der Waals surface area (Å²) in [7, 11) is -6.05. The minimum atomic E-state index is -2.26. The van der Waals surface area contributed by atoms with Crippen molar-refractivity contribution in [3.05, 3.63) is 0 Å². The van der Waals surface area contributed by atoms with Gasteiger partial charge in [0.25, 0.3) is 0 Å². The highest BCUT2D eigenvalue weighted by Gasteiger charge is 2.39. The van der Waals surface area contributed by atoms with Gasteiger partial charge in [0.05, 0.1) is 33.0 Å². The van der Waals surface area contributed by atoms with E-state index in [-0.39, 0.29) is 25.2 Å². The molecule has 0 saturated carbocycles. The van der Waals surface area contributed by atoms with E-state index in [1.165, 1.54) is 0 Å². The lowest BCUT2D eigenvalue weighted by atomic mass is 9.84. The zero-order valence-corrected chi connectivity index (χ0v) is 27.4. The molecule has 0 aliphatic heterocycles. The van der Waals surface area contributed by atoms with Crippen molar-refractivity contribution in [2.24, 2.45) is 10.8 Å². The molecule has 0 bridgehead atoms. The minimum Gasteiger partial charge on any atom is -0.437 e. The molecule has 212 valence electrons. The van der Waals surface area contributed by atoms with E-state index in [0.29, 0.717) is 32.8 Å². The molecule has 0 aromatic rings. The Kier molecular flexibility index (Phi) is 16.5. The van der Waals surface area contributed by atoms with E-state index in [2.05, 4.69) is 53.1 Å². The molecule has 7 nitrogen and oxygen atoms in total. The van der Waals surface area contributed by atoms with Crippen LogP contribution in [-0.4, -0.2) is 86.8 Å². The van der Waals surface area contributed by atoms with Crippen molar-refractivity contribution in [2.75, 3.05) is 46.2 Å². The number of rotatable bonds is 22. The van der Waals surface area contributed by atoms with E-state index >= 15 is 0 Å². The van der Waals surface area contributed by atoms with E-state index in [1.807, 2.05) is 6.92 Å². The Hall–Kier alpha value is 0.371. The molecular formula is C25H58O7Si3. The van der Waals surface area contributed by atoms with Crippen LogP contribution in [0, 0.1) is 10.8 Å². The van der Waals surface area contributed by atoms with Crippen LogP contribution in [0.2, 0.25) is 51.4 Å². The molecule has 0 aliphatic rings. The Morgan fingerprint density at radius 2 is 0.914 bits per heavy atom. The zero-order chi connectivity index (χ0) is 27.2. The molecular weight excluding hydrogens is 497 g/mol. The summed E-state index contributed by atoms with van der Waals surface area (Å²) in [6, 6.07) is 2.02. The summed E-state index contributed by atoms with van der Waals surface area (Å²) < 4.78 is 25.1. The Labute approximate surface area is 219 Å². The van der Waals surface area contributed by atoms with Crippen LogP contribution in [0.5, 0.6) is 0 Å². The second kappa shape index (κ2) is 16.4. The van der Waals surface area contributed by atoms with Crippen LogP contribution in [0.3, 0.4) is 0 Å². The minimum absolute atomic E-state index is 0.0623. The van der Waals surface area contributed by atoms with Gasteiger partial charge in [0.1, 0.15) is 0 Å².